The third kappa shape index (κ3) is 1.66. The van der Waals surface area contributed by atoms with Crippen LogP contribution < -0.4 is 0 Å². The lowest BCUT2D eigenvalue weighted by Crippen LogP contribution is -2.42. The van der Waals surface area contributed by atoms with Gasteiger partial charge in [0.25, 0.3) is 0 Å². The fourth-order valence-corrected chi connectivity index (χ4v) is 3.43. The summed E-state index contributed by atoms with van der Waals surface area (Å²) in [5.74, 6) is 0.741. The Morgan fingerprint density at radius 3 is 2.62 bits per heavy atom. The molecule has 1 aliphatic heterocycles. The van der Waals surface area contributed by atoms with E-state index >= 15 is 0 Å². The first-order chi connectivity index (χ1) is 7.86. The van der Waals surface area contributed by atoms with Crippen LogP contribution in [0, 0.1) is 5.92 Å². The van der Waals surface area contributed by atoms with Gasteiger partial charge in [-0.05, 0) is 37.2 Å². The number of fused-ring (bicyclic) bond motifs is 1. The molecule has 2 heteroatoms. The van der Waals surface area contributed by atoms with E-state index in [1.54, 1.807) is 5.06 Å². The summed E-state index contributed by atoms with van der Waals surface area (Å²) in [6, 6.07) is 11.0. The molecule has 2 fully saturated rings. The van der Waals surface area contributed by atoms with Crippen LogP contribution in [0.1, 0.15) is 43.7 Å². The van der Waals surface area contributed by atoms with Gasteiger partial charge in [-0.1, -0.05) is 36.8 Å². The second-order valence-electron chi connectivity index (χ2n) is 5.14. The Bertz CT molecular complexity index is 351. The average molecular weight is 217 g/mol. The molecule has 1 N–H and O–H groups in total. The minimum Gasteiger partial charge on any atom is -0.313 e. The van der Waals surface area contributed by atoms with Crippen molar-refractivity contribution < 1.29 is 5.21 Å². The predicted molar refractivity (Wildman–Crippen MR) is 63.2 cm³/mol. The number of rotatable bonds is 1. The second-order valence-corrected chi connectivity index (χ2v) is 5.14. The van der Waals surface area contributed by atoms with Gasteiger partial charge in [0.15, 0.2) is 0 Å². The Labute approximate surface area is 96.8 Å². The van der Waals surface area contributed by atoms with Crippen molar-refractivity contribution in [2.24, 2.45) is 5.92 Å². The number of hydroxylamine groups is 2. The summed E-state index contributed by atoms with van der Waals surface area (Å²) in [6.45, 7) is 0. The van der Waals surface area contributed by atoms with Gasteiger partial charge in [0.2, 0.25) is 0 Å². The number of piperidine rings is 1. The summed E-state index contributed by atoms with van der Waals surface area (Å²) in [4.78, 5) is 0. The highest BCUT2D eigenvalue weighted by molar-refractivity contribution is 5.19. The van der Waals surface area contributed by atoms with E-state index in [1.165, 1.54) is 31.2 Å². The molecule has 16 heavy (non-hydrogen) atoms. The Balaban J connectivity index is 1.82. The summed E-state index contributed by atoms with van der Waals surface area (Å²) in [5.41, 5.74) is 1.26. The summed E-state index contributed by atoms with van der Waals surface area (Å²) in [5, 5.41) is 12.0. The Morgan fingerprint density at radius 2 is 1.81 bits per heavy atom. The summed E-state index contributed by atoms with van der Waals surface area (Å²) >= 11 is 0. The monoisotopic (exact) mass is 217 g/mol. The first kappa shape index (κ1) is 10.3. The van der Waals surface area contributed by atoms with Gasteiger partial charge in [0.05, 0.1) is 6.04 Å². The normalized spacial score (nSPS) is 34.9. The maximum atomic E-state index is 10.3. The van der Waals surface area contributed by atoms with Crippen LogP contribution in [0.15, 0.2) is 30.3 Å². The fraction of sp³-hybridized carbons (Fsp3) is 0.571. The number of benzene rings is 1. The number of hydrogen-bond acceptors (Lipinski definition) is 2. The van der Waals surface area contributed by atoms with Gasteiger partial charge >= 0.3 is 0 Å². The van der Waals surface area contributed by atoms with Crippen molar-refractivity contribution in [2.75, 3.05) is 0 Å². The maximum absolute atomic E-state index is 10.3. The van der Waals surface area contributed by atoms with Crippen molar-refractivity contribution in [1.29, 1.82) is 0 Å². The highest BCUT2D eigenvalue weighted by atomic mass is 16.5. The minimum atomic E-state index is 0.223. The molecule has 0 amide bonds. The molecular formula is C14H19NO. The summed E-state index contributed by atoms with van der Waals surface area (Å²) < 4.78 is 0. The molecule has 0 radical (unpaired) electrons. The third-order valence-corrected chi connectivity index (χ3v) is 4.27. The van der Waals surface area contributed by atoms with Gasteiger partial charge in [-0.15, -0.1) is 0 Å². The molecule has 1 saturated heterocycles. The smallest absolute Gasteiger partial charge is 0.0602 e. The molecule has 3 rings (SSSR count). The lowest BCUT2D eigenvalue weighted by Gasteiger charge is -2.39. The van der Waals surface area contributed by atoms with Gasteiger partial charge in [-0.3, -0.25) is 0 Å². The molecule has 2 nitrogen and oxygen atoms in total. The molecule has 1 aromatic carbocycles. The van der Waals surface area contributed by atoms with Crippen LogP contribution in [0.2, 0.25) is 0 Å². The molecule has 1 aliphatic carbocycles. The molecule has 0 spiro atoms. The molecule has 1 heterocycles. The summed E-state index contributed by atoms with van der Waals surface area (Å²) in [6.07, 6.45) is 6.14. The number of nitrogens with zero attached hydrogens (tertiary/aromatic N) is 1. The average Bonchev–Trinajstić information content (AvgIpc) is 2.80. The van der Waals surface area contributed by atoms with Gasteiger partial charge in [-0.2, -0.15) is 5.06 Å². The first-order valence-corrected chi connectivity index (χ1v) is 6.38. The van der Waals surface area contributed by atoms with E-state index < -0.39 is 0 Å². The van der Waals surface area contributed by atoms with E-state index in [1.807, 2.05) is 6.07 Å². The van der Waals surface area contributed by atoms with Crippen LogP contribution in [-0.2, 0) is 0 Å². The third-order valence-electron chi connectivity index (χ3n) is 4.27. The maximum Gasteiger partial charge on any atom is 0.0602 e. The van der Waals surface area contributed by atoms with Crippen molar-refractivity contribution in [1.82, 2.24) is 5.06 Å². The Hall–Kier alpha value is -0.860. The topological polar surface area (TPSA) is 23.5 Å². The van der Waals surface area contributed by atoms with E-state index in [-0.39, 0.29) is 6.04 Å². The minimum absolute atomic E-state index is 0.223. The van der Waals surface area contributed by atoms with Crippen LogP contribution in [0.3, 0.4) is 0 Å². The van der Waals surface area contributed by atoms with Crippen molar-refractivity contribution in [2.45, 2.75) is 44.2 Å². The highest BCUT2D eigenvalue weighted by Crippen LogP contribution is 2.43. The van der Waals surface area contributed by atoms with E-state index in [4.69, 9.17) is 0 Å². The van der Waals surface area contributed by atoms with Gasteiger partial charge in [-0.25, -0.2) is 0 Å². The molecule has 1 saturated carbocycles. The lowest BCUT2D eigenvalue weighted by atomic mass is 9.86. The predicted octanol–water partition coefficient (Wildman–Crippen LogP) is 3.38. The van der Waals surface area contributed by atoms with Crippen LogP contribution in [0.25, 0.3) is 0 Å². The van der Waals surface area contributed by atoms with Gasteiger partial charge in [0, 0.05) is 6.04 Å². The van der Waals surface area contributed by atoms with Crippen LogP contribution >= 0.6 is 0 Å². The molecule has 86 valence electrons. The van der Waals surface area contributed by atoms with E-state index in [0.29, 0.717) is 6.04 Å². The quantitative estimate of drug-likeness (QED) is 0.779. The molecular weight excluding hydrogens is 198 g/mol. The second kappa shape index (κ2) is 4.19. The fourth-order valence-electron chi connectivity index (χ4n) is 3.43. The Kier molecular flexibility index (Phi) is 2.70. The Morgan fingerprint density at radius 1 is 1.00 bits per heavy atom. The van der Waals surface area contributed by atoms with Gasteiger partial charge in [0.1, 0.15) is 0 Å². The SMILES string of the molecule is ON1[C@@H](c2ccccc2)CC[C@H]2CCC[C@H]21. The van der Waals surface area contributed by atoms with Crippen molar-refractivity contribution >= 4 is 0 Å². The first-order valence-electron chi connectivity index (χ1n) is 6.38. The molecule has 0 unspecified atom stereocenters. The molecule has 0 aromatic heterocycles. The molecule has 0 bridgehead atoms. The lowest BCUT2D eigenvalue weighted by molar-refractivity contribution is -0.189. The van der Waals surface area contributed by atoms with Gasteiger partial charge < -0.3 is 5.21 Å². The van der Waals surface area contributed by atoms with E-state index in [0.717, 1.165) is 12.3 Å². The molecule has 1 aromatic rings. The molecule has 2 aliphatic rings. The largest absolute Gasteiger partial charge is 0.313 e. The summed E-state index contributed by atoms with van der Waals surface area (Å²) in [7, 11) is 0. The van der Waals surface area contributed by atoms with Crippen molar-refractivity contribution in [3.05, 3.63) is 35.9 Å². The van der Waals surface area contributed by atoms with Crippen molar-refractivity contribution in [3.63, 3.8) is 0 Å². The number of hydrogen-bond donors (Lipinski definition) is 1. The standard InChI is InChI=1S/C14H19NO/c16-15-13-8-4-7-12(13)9-10-14(15)11-5-2-1-3-6-11/h1-3,5-6,12-14,16H,4,7-10H2/t12-,13-,14-/m1/s1. The zero-order chi connectivity index (χ0) is 11.0. The van der Waals surface area contributed by atoms with Crippen LogP contribution in [-0.4, -0.2) is 16.3 Å². The zero-order valence-corrected chi connectivity index (χ0v) is 9.55. The highest BCUT2D eigenvalue weighted by Gasteiger charge is 2.39. The molecule has 3 atom stereocenters. The van der Waals surface area contributed by atoms with Crippen molar-refractivity contribution in [3.8, 4) is 0 Å². The van der Waals surface area contributed by atoms with E-state index in [9.17, 15) is 5.21 Å². The zero-order valence-electron chi connectivity index (χ0n) is 9.55. The van der Waals surface area contributed by atoms with E-state index in [2.05, 4.69) is 24.3 Å². The van der Waals surface area contributed by atoms with Crippen LogP contribution in [0.5, 0.6) is 0 Å². The van der Waals surface area contributed by atoms with Crippen LogP contribution in [0.4, 0.5) is 0 Å².